The quantitative estimate of drug-likeness (QED) is 0.807. The van der Waals surface area contributed by atoms with E-state index in [1.165, 1.54) is 0 Å². The highest BCUT2D eigenvalue weighted by molar-refractivity contribution is 5.55. The smallest absolute Gasteiger partial charge is 0.137 e. The monoisotopic (exact) mass is 191 g/mol. The highest BCUT2D eigenvalue weighted by Crippen LogP contribution is 2.22. The topological polar surface area (TPSA) is 38.3 Å². The van der Waals surface area contributed by atoms with Crippen molar-refractivity contribution in [1.82, 2.24) is 5.32 Å². The molecular formula is C11H13NO2. The van der Waals surface area contributed by atoms with Crippen LogP contribution in [0.3, 0.4) is 0 Å². The molecule has 0 spiro atoms. The molecule has 0 saturated heterocycles. The van der Waals surface area contributed by atoms with Gasteiger partial charge in [-0.25, -0.2) is 0 Å². The van der Waals surface area contributed by atoms with Crippen molar-refractivity contribution in [3.63, 3.8) is 0 Å². The zero-order chi connectivity index (χ0) is 9.80. The van der Waals surface area contributed by atoms with Gasteiger partial charge in [-0.3, -0.25) is 0 Å². The van der Waals surface area contributed by atoms with Crippen LogP contribution < -0.4 is 5.32 Å². The predicted octanol–water partition coefficient (Wildman–Crippen LogP) is 2.65. The summed E-state index contributed by atoms with van der Waals surface area (Å²) in [5, 5.41) is 3.21. The molecule has 0 radical (unpaired) electrons. The zero-order valence-corrected chi connectivity index (χ0v) is 8.12. The van der Waals surface area contributed by atoms with E-state index in [9.17, 15) is 0 Å². The minimum Gasteiger partial charge on any atom is -0.472 e. The second-order valence-corrected chi connectivity index (χ2v) is 3.06. The molecule has 0 bridgehead atoms. The molecule has 2 aromatic heterocycles. The highest BCUT2D eigenvalue weighted by Gasteiger charge is 2.04. The van der Waals surface area contributed by atoms with Crippen LogP contribution in [0.5, 0.6) is 0 Å². The Morgan fingerprint density at radius 3 is 2.93 bits per heavy atom. The molecule has 14 heavy (non-hydrogen) atoms. The van der Waals surface area contributed by atoms with E-state index in [0.717, 1.165) is 30.2 Å². The van der Waals surface area contributed by atoms with Crippen molar-refractivity contribution in [2.45, 2.75) is 13.5 Å². The summed E-state index contributed by atoms with van der Waals surface area (Å²) in [4.78, 5) is 0. The fraction of sp³-hybridized carbons (Fsp3) is 0.273. The second-order valence-electron chi connectivity index (χ2n) is 3.06. The van der Waals surface area contributed by atoms with Crippen LogP contribution in [0.25, 0.3) is 11.3 Å². The third-order valence-electron chi connectivity index (χ3n) is 2.02. The molecule has 3 nitrogen and oxygen atoms in total. The zero-order valence-electron chi connectivity index (χ0n) is 8.12. The number of hydrogen-bond acceptors (Lipinski definition) is 3. The van der Waals surface area contributed by atoms with Crippen LogP contribution in [0.15, 0.2) is 39.6 Å². The summed E-state index contributed by atoms with van der Waals surface area (Å²) in [6.07, 6.45) is 3.32. The molecule has 74 valence electrons. The molecule has 0 atom stereocenters. The minimum absolute atomic E-state index is 0.772. The molecule has 3 heteroatoms. The van der Waals surface area contributed by atoms with Gasteiger partial charge in [-0.1, -0.05) is 6.92 Å². The van der Waals surface area contributed by atoms with Crippen molar-refractivity contribution in [3.05, 3.63) is 36.5 Å². The van der Waals surface area contributed by atoms with Crippen LogP contribution >= 0.6 is 0 Å². The molecule has 0 aliphatic carbocycles. The lowest BCUT2D eigenvalue weighted by Gasteiger charge is -1.96. The number of hydrogen-bond donors (Lipinski definition) is 1. The van der Waals surface area contributed by atoms with E-state index in [4.69, 9.17) is 8.83 Å². The standard InChI is InChI=1S/C11H13NO2/c1-2-12-7-10-3-4-11(14-10)9-5-6-13-8-9/h3-6,8,12H,2,7H2,1H3. The molecular weight excluding hydrogens is 178 g/mol. The molecule has 0 unspecified atom stereocenters. The Morgan fingerprint density at radius 2 is 2.21 bits per heavy atom. The normalized spacial score (nSPS) is 10.6. The third kappa shape index (κ3) is 1.88. The third-order valence-corrected chi connectivity index (χ3v) is 2.02. The second kappa shape index (κ2) is 4.15. The van der Waals surface area contributed by atoms with Crippen LogP contribution in [-0.2, 0) is 6.54 Å². The first kappa shape index (κ1) is 9.09. The Kier molecular flexibility index (Phi) is 2.70. The summed E-state index contributed by atoms with van der Waals surface area (Å²) >= 11 is 0. The Bertz CT molecular complexity index is 376. The first-order valence-corrected chi connectivity index (χ1v) is 4.72. The van der Waals surface area contributed by atoms with Crippen LogP contribution in [0.2, 0.25) is 0 Å². The summed E-state index contributed by atoms with van der Waals surface area (Å²) in [6, 6.07) is 5.82. The van der Waals surface area contributed by atoms with Gasteiger partial charge in [-0.15, -0.1) is 0 Å². The van der Waals surface area contributed by atoms with E-state index in [1.54, 1.807) is 12.5 Å². The summed E-state index contributed by atoms with van der Waals surface area (Å²) in [7, 11) is 0. The summed E-state index contributed by atoms with van der Waals surface area (Å²) < 4.78 is 10.6. The largest absolute Gasteiger partial charge is 0.472 e. The molecule has 2 aromatic rings. The van der Waals surface area contributed by atoms with E-state index in [-0.39, 0.29) is 0 Å². The maximum absolute atomic E-state index is 5.61. The molecule has 0 aromatic carbocycles. The van der Waals surface area contributed by atoms with Gasteiger partial charge < -0.3 is 14.2 Å². The lowest BCUT2D eigenvalue weighted by Crippen LogP contribution is -2.10. The van der Waals surface area contributed by atoms with Gasteiger partial charge in [0.25, 0.3) is 0 Å². The Labute approximate surface area is 82.7 Å². The molecule has 0 aliphatic heterocycles. The van der Waals surface area contributed by atoms with E-state index < -0.39 is 0 Å². The fourth-order valence-electron chi connectivity index (χ4n) is 1.28. The lowest BCUT2D eigenvalue weighted by molar-refractivity contribution is 0.497. The van der Waals surface area contributed by atoms with Crippen molar-refractivity contribution in [1.29, 1.82) is 0 Å². The Hall–Kier alpha value is -1.48. The van der Waals surface area contributed by atoms with E-state index in [2.05, 4.69) is 12.2 Å². The summed E-state index contributed by atoms with van der Waals surface area (Å²) in [6.45, 7) is 3.79. The van der Waals surface area contributed by atoms with Gasteiger partial charge >= 0.3 is 0 Å². The van der Waals surface area contributed by atoms with Crippen LogP contribution in [0, 0.1) is 0 Å². The van der Waals surface area contributed by atoms with E-state index in [0.29, 0.717) is 0 Å². The van der Waals surface area contributed by atoms with Gasteiger partial charge in [0.15, 0.2) is 0 Å². The van der Waals surface area contributed by atoms with E-state index in [1.807, 2.05) is 18.2 Å². The fourth-order valence-corrected chi connectivity index (χ4v) is 1.28. The molecule has 0 fully saturated rings. The first-order valence-electron chi connectivity index (χ1n) is 4.72. The summed E-state index contributed by atoms with van der Waals surface area (Å²) in [5.74, 6) is 1.80. The van der Waals surface area contributed by atoms with Crippen molar-refractivity contribution < 1.29 is 8.83 Å². The maximum atomic E-state index is 5.61. The average Bonchev–Trinajstić information content (AvgIpc) is 2.85. The molecule has 2 rings (SSSR count). The van der Waals surface area contributed by atoms with Gasteiger partial charge in [-0.05, 0) is 24.7 Å². The number of furan rings is 2. The number of rotatable bonds is 4. The van der Waals surface area contributed by atoms with Crippen LogP contribution in [0.1, 0.15) is 12.7 Å². The molecule has 0 aliphatic rings. The van der Waals surface area contributed by atoms with Gasteiger partial charge in [0.2, 0.25) is 0 Å². The van der Waals surface area contributed by atoms with Crippen LogP contribution in [-0.4, -0.2) is 6.54 Å². The van der Waals surface area contributed by atoms with Gasteiger partial charge in [0.1, 0.15) is 17.8 Å². The Balaban J connectivity index is 2.10. The van der Waals surface area contributed by atoms with Gasteiger partial charge in [0, 0.05) is 0 Å². The summed E-state index contributed by atoms with van der Waals surface area (Å²) in [5.41, 5.74) is 0.979. The SMILES string of the molecule is CCNCc1ccc(-c2ccoc2)o1. The molecule has 0 amide bonds. The first-order chi connectivity index (χ1) is 6.90. The van der Waals surface area contributed by atoms with Crippen molar-refractivity contribution in [2.75, 3.05) is 6.54 Å². The Morgan fingerprint density at radius 1 is 1.29 bits per heavy atom. The van der Waals surface area contributed by atoms with Crippen molar-refractivity contribution >= 4 is 0 Å². The van der Waals surface area contributed by atoms with Crippen molar-refractivity contribution in [3.8, 4) is 11.3 Å². The molecule has 2 heterocycles. The van der Waals surface area contributed by atoms with Crippen LogP contribution in [0.4, 0.5) is 0 Å². The maximum Gasteiger partial charge on any atom is 0.137 e. The highest BCUT2D eigenvalue weighted by atomic mass is 16.3. The molecule has 0 saturated carbocycles. The lowest BCUT2D eigenvalue weighted by atomic mass is 10.3. The predicted molar refractivity (Wildman–Crippen MR) is 53.8 cm³/mol. The average molecular weight is 191 g/mol. The van der Waals surface area contributed by atoms with Crippen molar-refractivity contribution in [2.24, 2.45) is 0 Å². The minimum atomic E-state index is 0.772. The van der Waals surface area contributed by atoms with Gasteiger partial charge in [-0.2, -0.15) is 0 Å². The molecule has 1 N–H and O–H groups in total. The van der Waals surface area contributed by atoms with E-state index >= 15 is 0 Å². The number of nitrogens with one attached hydrogen (secondary N) is 1. The van der Waals surface area contributed by atoms with Gasteiger partial charge in [0.05, 0.1) is 18.4 Å².